The zero-order valence-electron chi connectivity index (χ0n) is 19.3. The number of hydrogen-bond acceptors (Lipinski definition) is 3. The molecule has 1 unspecified atom stereocenters. The van der Waals surface area contributed by atoms with Gasteiger partial charge in [0.15, 0.2) is 0 Å². The zero-order chi connectivity index (χ0) is 22.7. The highest BCUT2D eigenvalue weighted by Crippen LogP contribution is 2.43. The molecule has 32 heavy (non-hydrogen) atoms. The monoisotopic (exact) mass is 434 g/mol. The van der Waals surface area contributed by atoms with Crippen molar-refractivity contribution < 1.29 is 13.9 Å². The van der Waals surface area contributed by atoms with Crippen LogP contribution in [0.4, 0.5) is 4.39 Å². The second-order valence-electron chi connectivity index (χ2n) is 8.92. The molecule has 0 amide bonds. The Hall–Kier alpha value is -2.92. The molecule has 0 fully saturated rings. The van der Waals surface area contributed by atoms with Crippen LogP contribution in [0.15, 0.2) is 60.3 Å². The van der Waals surface area contributed by atoms with Gasteiger partial charge in [0.1, 0.15) is 11.6 Å². The Bertz CT molecular complexity index is 1100. The molecule has 1 aliphatic carbocycles. The molecule has 4 rings (SSSR count). The van der Waals surface area contributed by atoms with Crippen LogP contribution in [0.5, 0.6) is 5.75 Å². The number of para-hydroxylation sites is 1. The fourth-order valence-electron chi connectivity index (χ4n) is 4.67. The van der Waals surface area contributed by atoms with Gasteiger partial charge in [-0.2, -0.15) is 5.10 Å². The number of hydrogen-bond donors (Lipinski definition) is 0. The number of rotatable bonds is 8. The first-order valence-corrected chi connectivity index (χ1v) is 11.1. The lowest BCUT2D eigenvalue weighted by Crippen LogP contribution is -2.30. The summed E-state index contributed by atoms with van der Waals surface area (Å²) in [6.45, 7) is 4.50. The van der Waals surface area contributed by atoms with Crippen molar-refractivity contribution in [2.45, 2.75) is 45.6 Å². The number of aromatic nitrogens is 2. The van der Waals surface area contributed by atoms with Gasteiger partial charge in [-0.05, 0) is 85.6 Å². The molecule has 2 atom stereocenters. The van der Waals surface area contributed by atoms with Gasteiger partial charge in [-0.25, -0.2) is 9.07 Å². The summed E-state index contributed by atoms with van der Waals surface area (Å²) in [5.74, 6) is 0.688. The fourth-order valence-corrected chi connectivity index (χ4v) is 4.67. The normalized spacial score (nSPS) is 18.7. The van der Waals surface area contributed by atoms with Gasteiger partial charge in [-0.1, -0.05) is 30.7 Å². The first-order chi connectivity index (χ1) is 15.4. The summed E-state index contributed by atoms with van der Waals surface area (Å²) in [7, 11) is 3.52. The van der Waals surface area contributed by atoms with Gasteiger partial charge in [-0.3, -0.25) is 0 Å². The molecule has 0 spiro atoms. The summed E-state index contributed by atoms with van der Waals surface area (Å²) >= 11 is 0. The van der Waals surface area contributed by atoms with Gasteiger partial charge in [0.25, 0.3) is 0 Å². The largest absolute Gasteiger partial charge is 0.496 e. The van der Waals surface area contributed by atoms with Crippen LogP contribution in [0, 0.1) is 11.2 Å². The molecule has 0 N–H and O–H groups in total. The van der Waals surface area contributed by atoms with Crippen molar-refractivity contribution in [3.8, 4) is 11.4 Å². The Morgan fingerprint density at radius 3 is 2.59 bits per heavy atom. The van der Waals surface area contributed by atoms with Crippen molar-refractivity contribution in [2.24, 2.45) is 5.41 Å². The number of halogens is 1. The molecule has 4 nitrogen and oxygen atoms in total. The van der Waals surface area contributed by atoms with Crippen LogP contribution in [0.25, 0.3) is 11.8 Å². The van der Waals surface area contributed by atoms with Crippen LogP contribution in [-0.2, 0) is 17.6 Å². The Kier molecular flexibility index (Phi) is 6.47. The molecule has 0 aliphatic heterocycles. The van der Waals surface area contributed by atoms with Gasteiger partial charge >= 0.3 is 0 Å². The SMILES string of the molecule is COc1ccccc1CCC(C[C@@]1(C)Cc2cnn(-c3ccc(F)cc3)c2C=C1C)OC. The van der Waals surface area contributed by atoms with E-state index in [1.165, 1.54) is 28.8 Å². The summed E-state index contributed by atoms with van der Waals surface area (Å²) in [6, 6.07) is 14.6. The van der Waals surface area contributed by atoms with Crippen molar-refractivity contribution in [1.82, 2.24) is 9.78 Å². The molecule has 1 heterocycles. The van der Waals surface area contributed by atoms with Crippen LogP contribution < -0.4 is 4.74 Å². The topological polar surface area (TPSA) is 36.3 Å². The Balaban J connectivity index is 1.50. The summed E-state index contributed by atoms with van der Waals surface area (Å²) in [5, 5.41) is 4.60. The first-order valence-electron chi connectivity index (χ1n) is 11.1. The van der Waals surface area contributed by atoms with E-state index >= 15 is 0 Å². The quantitative estimate of drug-likeness (QED) is 0.435. The standard InChI is InChI=1S/C27H31FN2O2/c1-19-15-25-21(18-29-30(25)23-12-10-22(28)11-13-23)16-27(19,2)17-24(31-3)14-9-20-7-5-6-8-26(20)32-4/h5-8,10-13,15,18,24H,9,14,16-17H2,1-4H3/t24?,27-/m1/s1. The molecular formula is C27H31FN2O2. The minimum atomic E-state index is -0.243. The average molecular weight is 435 g/mol. The predicted octanol–water partition coefficient (Wildman–Crippen LogP) is 6.02. The highest BCUT2D eigenvalue weighted by Gasteiger charge is 2.35. The van der Waals surface area contributed by atoms with E-state index in [4.69, 9.17) is 9.47 Å². The summed E-state index contributed by atoms with van der Waals surface area (Å²) in [5.41, 5.74) is 5.67. The maximum absolute atomic E-state index is 13.3. The van der Waals surface area contributed by atoms with E-state index < -0.39 is 0 Å². The van der Waals surface area contributed by atoms with Gasteiger partial charge in [0.2, 0.25) is 0 Å². The Morgan fingerprint density at radius 1 is 1.12 bits per heavy atom. The molecule has 0 bridgehead atoms. The molecule has 3 aromatic rings. The molecule has 1 aliphatic rings. The van der Waals surface area contributed by atoms with E-state index in [1.807, 2.05) is 23.0 Å². The first kappa shape index (κ1) is 22.3. The Morgan fingerprint density at radius 2 is 1.88 bits per heavy atom. The number of benzene rings is 2. The maximum Gasteiger partial charge on any atom is 0.123 e. The van der Waals surface area contributed by atoms with Gasteiger partial charge < -0.3 is 9.47 Å². The Labute approximate surface area is 189 Å². The molecule has 0 radical (unpaired) electrons. The average Bonchev–Trinajstić information content (AvgIpc) is 3.19. The van der Waals surface area contributed by atoms with Crippen LogP contribution in [0.3, 0.4) is 0 Å². The number of fused-ring (bicyclic) bond motifs is 1. The lowest BCUT2D eigenvalue weighted by molar-refractivity contribution is 0.0595. The van der Waals surface area contributed by atoms with E-state index in [0.29, 0.717) is 0 Å². The van der Waals surface area contributed by atoms with Gasteiger partial charge in [0.05, 0.1) is 30.8 Å². The van der Waals surface area contributed by atoms with E-state index in [1.54, 1.807) is 26.4 Å². The van der Waals surface area contributed by atoms with Crippen molar-refractivity contribution in [2.75, 3.05) is 14.2 Å². The number of nitrogens with zero attached hydrogens (tertiary/aromatic N) is 2. The van der Waals surface area contributed by atoms with Crippen molar-refractivity contribution in [1.29, 1.82) is 0 Å². The highest BCUT2D eigenvalue weighted by molar-refractivity contribution is 5.60. The minimum Gasteiger partial charge on any atom is -0.496 e. The molecule has 1 aromatic heterocycles. The second kappa shape index (κ2) is 9.29. The molecule has 168 valence electrons. The van der Waals surface area contributed by atoms with E-state index in [-0.39, 0.29) is 17.3 Å². The smallest absolute Gasteiger partial charge is 0.123 e. The number of allylic oxidation sites excluding steroid dienone is 1. The van der Waals surface area contributed by atoms with E-state index in [0.717, 1.165) is 42.8 Å². The van der Waals surface area contributed by atoms with Crippen molar-refractivity contribution in [3.05, 3.63) is 82.9 Å². The predicted molar refractivity (Wildman–Crippen MR) is 126 cm³/mol. The minimum absolute atomic E-state index is 0.00882. The molecule has 0 saturated carbocycles. The molecule has 0 saturated heterocycles. The zero-order valence-corrected chi connectivity index (χ0v) is 19.3. The van der Waals surface area contributed by atoms with Gasteiger partial charge in [0, 0.05) is 7.11 Å². The third-order valence-electron chi connectivity index (χ3n) is 6.78. The van der Waals surface area contributed by atoms with Crippen LogP contribution in [0.1, 0.15) is 43.5 Å². The van der Waals surface area contributed by atoms with Crippen LogP contribution in [0.2, 0.25) is 0 Å². The third kappa shape index (κ3) is 4.49. The summed E-state index contributed by atoms with van der Waals surface area (Å²) in [4.78, 5) is 0. The van der Waals surface area contributed by atoms with E-state index in [2.05, 4.69) is 37.2 Å². The fraction of sp³-hybridized carbons (Fsp3) is 0.370. The van der Waals surface area contributed by atoms with Crippen molar-refractivity contribution >= 4 is 6.08 Å². The van der Waals surface area contributed by atoms with Crippen molar-refractivity contribution in [3.63, 3.8) is 0 Å². The van der Waals surface area contributed by atoms with Crippen LogP contribution >= 0.6 is 0 Å². The third-order valence-corrected chi connectivity index (χ3v) is 6.78. The van der Waals surface area contributed by atoms with E-state index in [9.17, 15) is 4.39 Å². The lowest BCUT2D eigenvalue weighted by Gasteiger charge is -2.37. The number of aryl methyl sites for hydroxylation is 1. The molecule has 5 heteroatoms. The number of ether oxygens (including phenoxy) is 2. The number of methoxy groups -OCH3 is 2. The maximum atomic E-state index is 13.3. The summed E-state index contributed by atoms with van der Waals surface area (Å²) < 4.78 is 26.6. The molecular weight excluding hydrogens is 403 g/mol. The van der Waals surface area contributed by atoms with Gasteiger partial charge in [-0.15, -0.1) is 0 Å². The molecule has 2 aromatic carbocycles. The van der Waals surface area contributed by atoms with Crippen LogP contribution in [-0.4, -0.2) is 30.1 Å². The second-order valence-corrected chi connectivity index (χ2v) is 8.92. The lowest BCUT2D eigenvalue weighted by atomic mass is 9.70. The highest BCUT2D eigenvalue weighted by atomic mass is 19.1. The summed E-state index contributed by atoms with van der Waals surface area (Å²) in [6.07, 6.45) is 7.99.